The molecule has 0 aliphatic heterocycles. The van der Waals surface area contributed by atoms with E-state index in [1.165, 1.54) is 26.3 Å². The van der Waals surface area contributed by atoms with Crippen LogP contribution in [0.15, 0.2) is 11.6 Å². The molecule has 0 aromatic rings. The van der Waals surface area contributed by atoms with E-state index in [2.05, 4.69) is 13.0 Å². The van der Waals surface area contributed by atoms with Crippen LogP contribution in [0.4, 0.5) is 0 Å². The van der Waals surface area contributed by atoms with Crippen molar-refractivity contribution in [3.8, 4) is 0 Å². The van der Waals surface area contributed by atoms with Crippen LogP contribution in [-0.4, -0.2) is 40.6 Å². The summed E-state index contributed by atoms with van der Waals surface area (Å²) in [5.74, 6) is -0.0691. The molecule has 0 spiro atoms. The Morgan fingerprint density at radius 1 is 1.00 bits per heavy atom. The van der Waals surface area contributed by atoms with Crippen LogP contribution in [0, 0.1) is 28.6 Å². The molecule has 4 rings (SSSR count). The molecular weight excluding hydrogens is 396 g/mol. The van der Waals surface area contributed by atoms with Gasteiger partial charge >= 0.3 is 11.9 Å². The van der Waals surface area contributed by atoms with Crippen LogP contribution >= 0.6 is 0 Å². The molecule has 8 atom stereocenters. The number of fused-ring (bicyclic) bond motifs is 5. The number of carbonyl (C=O) groups is 3. The first-order valence-electron chi connectivity index (χ1n) is 11.7. The predicted octanol–water partition coefficient (Wildman–Crippen LogP) is 3.74. The Morgan fingerprint density at radius 2 is 1.68 bits per heavy atom. The largest absolute Gasteiger partial charge is 0.462 e. The summed E-state index contributed by atoms with van der Waals surface area (Å²) in [6.45, 7) is 8.60. The van der Waals surface area contributed by atoms with Gasteiger partial charge in [0.05, 0.1) is 0 Å². The van der Waals surface area contributed by atoms with Gasteiger partial charge in [0.1, 0.15) is 12.2 Å². The van der Waals surface area contributed by atoms with Gasteiger partial charge in [-0.15, -0.1) is 0 Å². The fourth-order valence-corrected chi connectivity index (χ4v) is 7.92. The molecule has 31 heavy (non-hydrogen) atoms. The molecule has 6 nitrogen and oxygen atoms in total. The normalized spacial score (nSPS) is 46.1. The van der Waals surface area contributed by atoms with E-state index >= 15 is 0 Å². The molecule has 172 valence electrons. The van der Waals surface area contributed by atoms with Gasteiger partial charge in [0.2, 0.25) is 0 Å². The average molecular weight is 433 g/mol. The number of carbonyl (C=O) groups excluding carboxylic acids is 3. The zero-order valence-electron chi connectivity index (χ0n) is 19.4. The summed E-state index contributed by atoms with van der Waals surface area (Å²) in [6.07, 6.45) is 7.25. The van der Waals surface area contributed by atoms with Crippen molar-refractivity contribution in [1.29, 1.82) is 0 Å². The summed E-state index contributed by atoms with van der Waals surface area (Å²) >= 11 is 0. The lowest BCUT2D eigenvalue weighted by Gasteiger charge is -2.58. The Bertz CT molecular complexity index is 832. The molecule has 1 N–H and O–H groups in total. The number of esters is 2. The van der Waals surface area contributed by atoms with Crippen LogP contribution in [0.5, 0.6) is 0 Å². The van der Waals surface area contributed by atoms with Crippen molar-refractivity contribution in [3.63, 3.8) is 0 Å². The molecule has 0 radical (unpaired) electrons. The number of hydrogen-bond donors (Lipinski definition) is 1. The molecule has 0 bridgehead atoms. The SMILES string of the molecule is CC(=O)O[C@H]1CC[C@@]2(C)C(=CC[C@@H]3[C@@H]2CC[C@@]2(C)[C@H]3C[C@@H](OC(C)=O)[C@]2(O)C(C)=O)C1. The first kappa shape index (κ1) is 22.5. The second-order valence-corrected chi connectivity index (χ2v) is 10.8. The second-order valence-electron chi connectivity index (χ2n) is 10.8. The summed E-state index contributed by atoms with van der Waals surface area (Å²) in [7, 11) is 0. The zero-order valence-corrected chi connectivity index (χ0v) is 19.4. The first-order valence-corrected chi connectivity index (χ1v) is 11.7. The summed E-state index contributed by atoms with van der Waals surface area (Å²) in [5.41, 5.74) is -0.788. The van der Waals surface area contributed by atoms with Gasteiger partial charge in [0.15, 0.2) is 11.4 Å². The maximum atomic E-state index is 12.7. The molecule has 0 unspecified atom stereocenters. The minimum absolute atomic E-state index is 0.0372. The highest BCUT2D eigenvalue weighted by Crippen LogP contribution is 2.67. The quantitative estimate of drug-likeness (QED) is 0.540. The van der Waals surface area contributed by atoms with Gasteiger partial charge < -0.3 is 14.6 Å². The number of Topliss-reactive ketones (excluding diaryl/α,β-unsaturated/α-hetero) is 1. The summed E-state index contributed by atoms with van der Waals surface area (Å²) < 4.78 is 11.0. The molecule has 6 heteroatoms. The van der Waals surface area contributed by atoms with E-state index in [1.54, 1.807) is 0 Å². The smallest absolute Gasteiger partial charge is 0.303 e. The minimum atomic E-state index is -1.63. The van der Waals surface area contributed by atoms with Crippen LogP contribution in [0.2, 0.25) is 0 Å². The number of allylic oxidation sites excluding steroid dienone is 1. The van der Waals surface area contributed by atoms with Crippen LogP contribution in [-0.2, 0) is 23.9 Å². The Hall–Kier alpha value is -1.69. The number of aliphatic hydroxyl groups is 1. The highest BCUT2D eigenvalue weighted by atomic mass is 16.6. The molecule has 4 aliphatic rings. The first-order chi connectivity index (χ1) is 14.4. The molecule has 0 aromatic heterocycles. The van der Waals surface area contributed by atoms with E-state index in [-0.39, 0.29) is 29.2 Å². The lowest BCUT2D eigenvalue weighted by atomic mass is 9.46. The third kappa shape index (κ3) is 3.20. The van der Waals surface area contributed by atoms with E-state index in [0.717, 1.165) is 38.5 Å². The molecule has 4 aliphatic carbocycles. The van der Waals surface area contributed by atoms with Crippen LogP contribution < -0.4 is 0 Å². The van der Waals surface area contributed by atoms with Crippen molar-refractivity contribution in [2.45, 2.75) is 97.4 Å². The van der Waals surface area contributed by atoms with Crippen molar-refractivity contribution < 1.29 is 29.0 Å². The van der Waals surface area contributed by atoms with Crippen molar-refractivity contribution in [2.24, 2.45) is 28.6 Å². The summed E-state index contributed by atoms with van der Waals surface area (Å²) in [6, 6.07) is 0. The number of ketones is 1. The van der Waals surface area contributed by atoms with Gasteiger partial charge in [0.25, 0.3) is 0 Å². The Kier molecular flexibility index (Phi) is 5.39. The van der Waals surface area contributed by atoms with Gasteiger partial charge in [-0.25, -0.2) is 0 Å². The van der Waals surface area contributed by atoms with Crippen LogP contribution in [0.3, 0.4) is 0 Å². The third-order valence-corrected chi connectivity index (χ3v) is 9.43. The van der Waals surface area contributed by atoms with E-state index < -0.39 is 23.1 Å². The topological polar surface area (TPSA) is 89.9 Å². The lowest BCUT2D eigenvalue weighted by Crippen LogP contribution is -2.60. The van der Waals surface area contributed by atoms with Crippen molar-refractivity contribution in [1.82, 2.24) is 0 Å². The minimum Gasteiger partial charge on any atom is -0.462 e. The van der Waals surface area contributed by atoms with Crippen LogP contribution in [0.1, 0.15) is 79.6 Å². The number of hydrogen-bond acceptors (Lipinski definition) is 6. The molecule has 3 fully saturated rings. The fraction of sp³-hybridized carbons (Fsp3) is 0.800. The van der Waals surface area contributed by atoms with Crippen LogP contribution in [0.25, 0.3) is 0 Å². The molecular formula is C25H36O6. The Balaban J connectivity index is 1.65. The number of rotatable bonds is 3. The Morgan fingerprint density at radius 3 is 2.29 bits per heavy atom. The zero-order chi connectivity index (χ0) is 22.8. The molecule has 0 amide bonds. The van der Waals surface area contributed by atoms with Gasteiger partial charge in [0, 0.05) is 25.7 Å². The maximum Gasteiger partial charge on any atom is 0.303 e. The van der Waals surface area contributed by atoms with Crippen molar-refractivity contribution in [3.05, 3.63) is 11.6 Å². The third-order valence-electron chi connectivity index (χ3n) is 9.43. The monoisotopic (exact) mass is 432 g/mol. The van der Waals surface area contributed by atoms with E-state index in [1.807, 2.05) is 6.92 Å². The summed E-state index contributed by atoms with van der Waals surface area (Å²) in [5, 5.41) is 11.6. The van der Waals surface area contributed by atoms with Crippen molar-refractivity contribution in [2.75, 3.05) is 0 Å². The Labute approximate surface area is 184 Å². The lowest BCUT2D eigenvalue weighted by molar-refractivity contribution is -0.184. The van der Waals surface area contributed by atoms with E-state index in [0.29, 0.717) is 18.3 Å². The standard InChI is InChI=1S/C25H36O6/c1-14(26)25(29)22(31-16(3)28)13-21-19-7-6-17-12-18(30-15(2)27)8-10-23(17,4)20(19)9-11-24(21,25)5/h6,18-22,29H,7-13H2,1-5H3/t18-,19+,20-,21-,22+,23-,24-,25+/m0/s1. The molecule has 3 saturated carbocycles. The maximum absolute atomic E-state index is 12.7. The predicted molar refractivity (Wildman–Crippen MR) is 114 cm³/mol. The summed E-state index contributed by atoms with van der Waals surface area (Å²) in [4.78, 5) is 35.9. The van der Waals surface area contributed by atoms with Gasteiger partial charge in [-0.2, -0.15) is 0 Å². The molecule has 0 saturated heterocycles. The molecule has 0 heterocycles. The highest BCUT2D eigenvalue weighted by molar-refractivity contribution is 5.87. The number of ether oxygens (including phenoxy) is 2. The molecule has 0 aromatic carbocycles. The van der Waals surface area contributed by atoms with Crippen molar-refractivity contribution >= 4 is 17.7 Å². The van der Waals surface area contributed by atoms with E-state index in [9.17, 15) is 19.5 Å². The van der Waals surface area contributed by atoms with E-state index in [4.69, 9.17) is 9.47 Å². The van der Waals surface area contributed by atoms with Gasteiger partial charge in [-0.05, 0) is 68.6 Å². The highest BCUT2D eigenvalue weighted by Gasteiger charge is 2.70. The van der Waals surface area contributed by atoms with Gasteiger partial charge in [-0.3, -0.25) is 14.4 Å². The average Bonchev–Trinajstić information content (AvgIpc) is 2.90. The fourth-order valence-electron chi connectivity index (χ4n) is 7.92. The second kappa shape index (κ2) is 7.43. The van der Waals surface area contributed by atoms with Gasteiger partial charge in [-0.1, -0.05) is 25.5 Å².